The Morgan fingerprint density at radius 3 is 2.90 bits per heavy atom. The van der Waals surface area contributed by atoms with Crippen LogP contribution >= 0.6 is 0 Å². The van der Waals surface area contributed by atoms with Crippen molar-refractivity contribution < 1.29 is 14.1 Å². The average Bonchev–Trinajstić information content (AvgIpc) is 2.77. The van der Waals surface area contributed by atoms with E-state index in [0.29, 0.717) is 30.3 Å². The number of aromatic nitrogens is 1. The minimum absolute atomic E-state index is 0.125. The number of anilines is 1. The fraction of sp³-hybridized carbons (Fsp3) is 0.333. The summed E-state index contributed by atoms with van der Waals surface area (Å²) in [5.41, 5.74) is 7.63. The minimum Gasteiger partial charge on any atom is -0.492 e. The van der Waals surface area contributed by atoms with Gasteiger partial charge in [0.05, 0.1) is 12.1 Å². The van der Waals surface area contributed by atoms with Gasteiger partial charge in [-0.15, -0.1) is 0 Å². The molecule has 0 saturated heterocycles. The number of carbonyl (C=O) groups excluding carboxylic acids is 1. The first-order chi connectivity index (χ1) is 10.1. The lowest BCUT2D eigenvalue weighted by Crippen LogP contribution is -2.15. The number of ether oxygens (including phenoxy) is 1. The fourth-order valence-electron chi connectivity index (χ4n) is 1.96. The monoisotopic (exact) mass is 289 g/mol. The summed E-state index contributed by atoms with van der Waals surface area (Å²) in [4.78, 5) is 12.1. The molecule has 0 fully saturated rings. The van der Waals surface area contributed by atoms with E-state index in [9.17, 15) is 4.79 Å². The van der Waals surface area contributed by atoms with Crippen molar-refractivity contribution in [3.8, 4) is 5.75 Å². The number of rotatable bonds is 6. The SMILES string of the molecule is Cc1noc(C)c1CC(=O)Nc1cccc(OCCN)c1. The third kappa shape index (κ3) is 4.06. The van der Waals surface area contributed by atoms with Crippen molar-refractivity contribution in [3.63, 3.8) is 0 Å². The summed E-state index contributed by atoms with van der Waals surface area (Å²) >= 11 is 0. The zero-order chi connectivity index (χ0) is 15.2. The highest BCUT2D eigenvalue weighted by Crippen LogP contribution is 2.18. The fourth-order valence-corrected chi connectivity index (χ4v) is 1.96. The zero-order valence-corrected chi connectivity index (χ0v) is 12.2. The van der Waals surface area contributed by atoms with Crippen LogP contribution in [0, 0.1) is 13.8 Å². The van der Waals surface area contributed by atoms with Crippen LogP contribution in [0.15, 0.2) is 28.8 Å². The Bertz CT molecular complexity index is 603. The number of amides is 1. The maximum atomic E-state index is 12.1. The van der Waals surface area contributed by atoms with Crippen LogP contribution < -0.4 is 15.8 Å². The lowest BCUT2D eigenvalue weighted by atomic mass is 10.1. The van der Waals surface area contributed by atoms with Crippen molar-refractivity contribution in [2.24, 2.45) is 5.73 Å². The van der Waals surface area contributed by atoms with Gasteiger partial charge in [-0.3, -0.25) is 4.79 Å². The molecule has 0 radical (unpaired) electrons. The molecule has 6 nitrogen and oxygen atoms in total. The number of aryl methyl sites for hydroxylation is 2. The highest BCUT2D eigenvalue weighted by Gasteiger charge is 2.13. The normalized spacial score (nSPS) is 10.4. The van der Waals surface area contributed by atoms with Crippen molar-refractivity contribution in [1.82, 2.24) is 5.16 Å². The van der Waals surface area contributed by atoms with Gasteiger partial charge in [-0.05, 0) is 26.0 Å². The Morgan fingerprint density at radius 1 is 1.43 bits per heavy atom. The van der Waals surface area contributed by atoms with Gasteiger partial charge in [0, 0.05) is 23.9 Å². The number of nitrogens with one attached hydrogen (secondary N) is 1. The lowest BCUT2D eigenvalue weighted by Gasteiger charge is -2.08. The van der Waals surface area contributed by atoms with E-state index in [1.54, 1.807) is 19.1 Å². The van der Waals surface area contributed by atoms with E-state index in [1.165, 1.54) is 0 Å². The van der Waals surface area contributed by atoms with Gasteiger partial charge in [0.15, 0.2) is 0 Å². The molecule has 0 atom stereocenters. The Morgan fingerprint density at radius 2 is 2.24 bits per heavy atom. The maximum absolute atomic E-state index is 12.1. The molecule has 3 N–H and O–H groups in total. The summed E-state index contributed by atoms with van der Waals surface area (Å²) in [6.07, 6.45) is 0.231. The van der Waals surface area contributed by atoms with Crippen LogP contribution in [0.1, 0.15) is 17.0 Å². The third-order valence-electron chi connectivity index (χ3n) is 3.02. The van der Waals surface area contributed by atoms with Crippen LogP contribution in [0.4, 0.5) is 5.69 Å². The molecule has 2 aromatic rings. The van der Waals surface area contributed by atoms with Crippen molar-refractivity contribution in [2.45, 2.75) is 20.3 Å². The first-order valence-corrected chi connectivity index (χ1v) is 6.74. The Hall–Kier alpha value is -2.34. The molecule has 1 amide bonds. The molecule has 0 unspecified atom stereocenters. The van der Waals surface area contributed by atoms with E-state index >= 15 is 0 Å². The van der Waals surface area contributed by atoms with Crippen LogP contribution in [0.3, 0.4) is 0 Å². The predicted octanol–water partition coefficient (Wildman–Crippen LogP) is 1.81. The second-order valence-corrected chi connectivity index (χ2v) is 4.69. The van der Waals surface area contributed by atoms with Gasteiger partial charge in [-0.1, -0.05) is 11.2 Å². The molecule has 0 bridgehead atoms. The van der Waals surface area contributed by atoms with Crippen molar-refractivity contribution >= 4 is 11.6 Å². The van der Waals surface area contributed by atoms with Gasteiger partial charge in [0.1, 0.15) is 18.1 Å². The number of hydrogen-bond donors (Lipinski definition) is 2. The van der Waals surface area contributed by atoms with E-state index in [0.717, 1.165) is 11.3 Å². The first kappa shape index (κ1) is 15.1. The molecular weight excluding hydrogens is 270 g/mol. The number of nitrogens with zero attached hydrogens (tertiary/aromatic N) is 1. The van der Waals surface area contributed by atoms with Gasteiger partial charge in [-0.2, -0.15) is 0 Å². The van der Waals surface area contributed by atoms with Crippen molar-refractivity contribution in [3.05, 3.63) is 41.3 Å². The summed E-state index contributed by atoms with van der Waals surface area (Å²) in [6.45, 7) is 4.50. The summed E-state index contributed by atoms with van der Waals surface area (Å²) in [6, 6.07) is 7.21. The van der Waals surface area contributed by atoms with E-state index in [1.807, 2.05) is 19.1 Å². The second-order valence-electron chi connectivity index (χ2n) is 4.69. The highest BCUT2D eigenvalue weighted by atomic mass is 16.5. The smallest absolute Gasteiger partial charge is 0.229 e. The number of hydrogen-bond acceptors (Lipinski definition) is 5. The van der Waals surface area contributed by atoms with Crippen LogP contribution in [0.5, 0.6) is 5.75 Å². The van der Waals surface area contributed by atoms with Gasteiger partial charge in [-0.25, -0.2) is 0 Å². The number of nitrogens with two attached hydrogens (primary N) is 1. The Balaban J connectivity index is 1.99. The summed E-state index contributed by atoms with van der Waals surface area (Å²) in [5, 5.41) is 6.67. The Kier molecular flexibility index (Phi) is 4.94. The predicted molar refractivity (Wildman–Crippen MR) is 79.3 cm³/mol. The van der Waals surface area contributed by atoms with Gasteiger partial charge in [0.25, 0.3) is 0 Å². The van der Waals surface area contributed by atoms with E-state index < -0.39 is 0 Å². The molecular formula is C15H19N3O3. The minimum atomic E-state index is -0.125. The molecule has 1 aromatic carbocycles. The molecule has 1 aromatic heterocycles. The van der Waals surface area contributed by atoms with Crippen LogP contribution in [0.25, 0.3) is 0 Å². The molecule has 1 heterocycles. The number of benzene rings is 1. The molecule has 112 valence electrons. The van der Waals surface area contributed by atoms with Crippen LogP contribution in [0.2, 0.25) is 0 Å². The third-order valence-corrected chi connectivity index (χ3v) is 3.02. The zero-order valence-electron chi connectivity index (χ0n) is 12.2. The first-order valence-electron chi connectivity index (χ1n) is 6.74. The molecule has 21 heavy (non-hydrogen) atoms. The molecule has 0 spiro atoms. The lowest BCUT2D eigenvalue weighted by molar-refractivity contribution is -0.115. The topological polar surface area (TPSA) is 90.4 Å². The molecule has 2 rings (SSSR count). The van der Waals surface area contributed by atoms with Crippen molar-refractivity contribution in [2.75, 3.05) is 18.5 Å². The molecule has 0 aliphatic heterocycles. The Labute approximate surface area is 123 Å². The molecule has 0 aliphatic carbocycles. The summed E-state index contributed by atoms with van der Waals surface area (Å²) < 4.78 is 10.5. The van der Waals surface area contributed by atoms with Crippen LogP contribution in [-0.2, 0) is 11.2 Å². The largest absolute Gasteiger partial charge is 0.492 e. The van der Waals surface area contributed by atoms with E-state index in [4.69, 9.17) is 15.0 Å². The molecule has 0 aliphatic rings. The van der Waals surface area contributed by atoms with Gasteiger partial charge >= 0.3 is 0 Å². The van der Waals surface area contributed by atoms with Gasteiger partial charge in [0.2, 0.25) is 5.91 Å². The summed E-state index contributed by atoms with van der Waals surface area (Å²) in [7, 11) is 0. The number of carbonyl (C=O) groups is 1. The standard InChI is InChI=1S/C15H19N3O3/c1-10-14(11(2)21-18-10)9-15(19)17-12-4-3-5-13(8-12)20-7-6-16/h3-5,8H,6-7,9,16H2,1-2H3,(H,17,19). The van der Waals surface area contributed by atoms with E-state index in [2.05, 4.69) is 10.5 Å². The van der Waals surface area contributed by atoms with Gasteiger partial charge < -0.3 is 20.3 Å². The summed E-state index contributed by atoms with van der Waals surface area (Å²) in [5.74, 6) is 1.22. The molecule has 0 saturated carbocycles. The maximum Gasteiger partial charge on any atom is 0.229 e. The average molecular weight is 289 g/mol. The van der Waals surface area contributed by atoms with Crippen molar-refractivity contribution in [1.29, 1.82) is 0 Å². The molecule has 6 heteroatoms. The second kappa shape index (κ2) is 6.90. The van der Waals surface area contributed by atoms with Crippen LogP contribution in [-0.4, -0.2) is 24.2 Å². The highest BCUT2D eigenvalue weighted by molar-refractivity contribution is 5.92. The van der Waals surface area contributed by atoms with E-state index in [-0.39, 0.29) is 12.3 Å². The quantitative estimate of drug-likeness (QED) is 0.846.